The van der Waals surface area contributed by atoms with Crippen LogP contribution in [0.2, 0.25) is 0 Å². The normalized spacial score (nSPS) is 11.4. The number of aromatic nitrogens is 2. The summed E-state index contributed by atoms with van der Waals surface area (Å²) >= 11 is 0. The summed E-state index contributed by atoms with van der Waals surface area (Å²) < 4.78 is 15.0. The van der Waals surface area contributed by atoms with Crippen molar-refractivity contribution >= 4 is 17.8 Å². The molecule has 0 aliphatic heterocycles. The summed E-state index contributed by atoms with van der Waals surface area (Å²) in [5.74, 6) is -0.598. The van der Waals surface area contributed by atoms with Crippen molar-refractivity contribution in [3.63, 3.8) is 0 Å². The average molecular weight is 335 g/mol. The molecule has 0 saturated carbocycles. The third-order valence-electron chi connectivity index (χ3n) is 3.35. The predicted octanol–water partition coefficient (Wildman–Crippen LogP) is 2.63. The lowest BCUT2D eigenvalue weighted by Crippen LogP contribution is -2.21. The van der Waals surface area contributed by atoms with Gasteiger partial charge in [0.2, 0.25) is 5.88 Å². The standard InChI is InChI=1S/C16H21N3O5/c1-6-10-14(9(2)23-18-10)15(21)22-8-12(20)17-13-7-11(19-24-13)16(3,4)5/h7H,6,8H2,1-5H3,(H,17,20). The summed E-state index contributed by atoms with van der Waals surface area (Å²) in [6.45, 7) is 8.95. The molecule has 0 saturated heterocycles. The van der Waals surface area contributed by atoms with E-state index in [1.54, 1.807) is 13.0 Å². The van der Waals surface area contributed by atoms with Crippen molar-refractivity contribution in [1.29, 1.82) is 0 Å². The van der Waals surface area contributed by atoms with Crippen LogP contribution in [0.5, 0.6) is 0 Å². The van der Waals surface area contributed by atoms with Gasteiger partial charge in [-0.2, -0.15) is 0 Å². The molecule has 2 heterocycles. The molecule has 0 radical (unpaired) electrons. The van der Waals surface area contributed by atoms with Crippen LogP contribution in [-0.2, 0) is 21.4 Å². The van der Waals surface area contributed by atoms with Gasteiger partial charge in [-0.3, -0.25) is 10.1 Å². The van der Waals surface area contributed by atoms with Crippen LogP contribution in [0.25, 0.3) is 0 Å². The first-order valence-corrected chi connectivity index (χ1v) is 7.61. The van der Waals surface area contributed by atoms with Crippen LogP contribution in [0.4, 0.5) is 5.88 Å². The maximum atomic E-state index is 12.1. The Balaban J connectivity index is 1.92. The molecule has 1 amide bonds. The molecule has 0 bridgehead atoms. The fraction of sp³-hybridized carbons (Fsp3) is 0.500. The van der Waals surface area contributed by atoms with E-state index in [1.165, 1.54) is 0 Å². The SMILES string of the molecule is CCc1noc(C)c1C(=O)OCC(=O)Nc1cc(C(C)(C)C)no1. The maximum Gasteiger partial charge on any atom is 0.344 e. The highest BCUT2D eigenvalue weighted by Crippen LogP contribution is 2.23. The fourth-order valence-electron chi connectivity index (χ4n) is 1.99. The van der Waals surface area contributed by atoms with Gasteiger partial charge in [0.25, 0.3) is 5.91 Å². The molecule has 2 aromatic rings. The monoisotopic (exact) mass is 335 g/mol. The molecule has 8 nitrogen and oxygen atoms in total. The first-order valence-electron chi connectivity index (χ1n) is 7.61. The number of ether oxygens (including phenoxy) is 1. The first-order chi connectivity index (χ1) is 11.2. The van der Waals surface area contributed by atoms with Gasteiger partial charge < -0.3 is 13.8 Å². The molecule has 2 aromatic heterocycles. The van der Waals surface area contributed by atoms with Gasteiger partial charge in [0.15, 0.2) is 6.61 Å². The van der Waals surface area contributed by atoms with Gasteiger partial charge in [0.1, 0.15) is 11.3 Å². The Labute approximate surface area is 139 Å². The van der Waals surface area contributed by atoms with Gasteiger partial charge >= 0.3 is 5.97 Å². The molecule has 0 aliphatic rings. The van der Waals surface area contributed by atoms with Crippen LogP contribution in [0.3, 0.4) is 0 Å². The Morgan fingerprint density at radius 3 is 2.54 bits per heavy atom. The van der Waals surface area contributed by atoms with E-state index in [-0.39, 0.29) is 16.9 Å². The number of amides is 1. The van der Waals surface area contributed by atoms with Crippen LogP contribution in [0.1, 0.15) is 55.2 Å². The number of nitrogens with zero attached hydrogens (tertiary/aromatic N) is 2. The molecule has 0 aliphatic carbocycles. The van der Waals surface area contributed by atoms with E-state index in [9.17, 15) is 9.59 Å². The van der Waals surface area contributed by atoms with Crippen LogP contribution in [-0.4, -0.2) is 28.8 Å². The van der Waals surface area contributed by atoms with Crippen molar-refractivity contribution in [1.82, 2.24) is 10.3 Å². The highest BCUT2D eigenvalue weighted by atomic mass is 16.5. The predicted molar refractivity (Wildman–Crippen MR) is 84.7 cm³/mol. The van der Waals surface area contributed by atoms with Gasteiger partial charge in [-0.1, -0.05) is 38.0 Å². The number of anilines is 1. The van der Waals surface area contributed by atoms with Crippen molar-refractivity contribution in [2.75, 3.05) is 11.9 Å². The number of carbonyl (C=O) groups excluding carboxylic acids is 2. The van der Waals surface area contributed by atoms with Crippen molar-refractivity contribution < 1.29 is 23.4 Å². The third kappa shape index (κ3) is 4.01. The quantitative estimate of drug-likeness (QED) is 0.837. The molecule has 24 heavy (non-hydrogen) atoms. The Kier molecular flexibility index (Phi) is 5.06. The third-order valence-corrected chi connectivity index (χ3v) is 3.35. The zero-order valence-corrected chi connectivity index (χ0v) is 14.4. The van der Waals surface area contributed by atoms with Gasteiger partial charge in [0, 0.05) is 11.5 Å². The van der Waals surface area contributed by atoms with Crippen LogP contribution >= 0.6 is 0 Å². The lowest BCUT2D eigenvalue weighted by molar-refractivity contribution is -0.119. The molecule has 0 unspecified atom stereocenters. The second-order valence-corrected chi connectivity index (χ2v) is 6.36. The molecule has 0 spiro atoms. The van der Waals surface area contributed by atoms with Crippen LogP contribution < -0.4 is 5.32 Å². The molecular weight excluding hydrogens is 314 g/mol. The molecule has 0 fully saturated rings. The number of carbonyl (C=O) groups is 2. The van der Waals surface area contributed by atoms with E-state index < -0.39 is 18.5 Å². The summed E-state index contributed by atoms with van der Waals surface area (Å²) in [6.07, 6.45) is 0.529. The minimum atomic E-state index is -0.645. The molecule has 130 valence electrons. The lowest BCUT2D eigenvalue weighted by Gasteiger charge is -2.12. The smallest absolute Gasteiger partial charge is 0.344 e. The number of hydrogen-bond donors (Lipinski definition) is 1. The number of hydrogen-bond acceptors (Lipinski definition) is 7. The fourth-order valence-corrected chi connectivity index (χ4v) is 1.99. The first kappa shape index (κ1) is 17.7. The van der Waals surface area contributed by atoms with E-state index in [0.29, 0.717) is 23.6 Å². The summed E-state index contributed by atoms with van der Waals surface area (Å²) in [5.41, 5.74) is 1.28. The molecular formula is C16H21N3O5. The van der Waals surface area contributed by atoms with Crippen molar-refractivity contribution in [3.05, 3.63) is 28.8 Å². The molecule has 0 aromatic carbocycles. The van der Waals surface area contributed by atoms with Gasteiger partial charge in [0.05, 0.1) is 11.4 Å². The van der Waals surface area contributed by atoms with Gasteiger partial charge in [-0.05, 0) is 13.3 Å². The maximum absolute atomic E-state index is 12.1. The summed E-state index contributed by atoms with van der Waals surface area (Å²) in [5, 5.41) is 10.2. The lowest BCUT2D eigenvalue weighted by atomic mass is 9.92. The zero-order valence-electron chi connectivity index (χ0n) is 14.4. The van der Waals surface area contributed by atoms with Crippen molar-refractivity contribution in [3.8, 4) is 0 Å². The van der Waals surface area contributed by atoms with Crippen molar-refractivity contribution in [2.45, 2.75) is 46.5 Å². The largest absolute Gasteiger partial charge is 0.452 e. The zero-order chi connectivity index (χ0) is 17.9. The number of aryl methyl sites for hydroxylation is 2. The topological polar surface area (TPSA) is 107 Å². The highest BCUT2D eigenvalue weighted by molar-refractivity contribution is 5.95. The van der Waals surface area contributed by atoms with E-state index in [2.05, 4.69) is 15.6 Å². The number of nitrogens with one attached hydrogen (secondary N) is 1. The van der Waals surface area contributed by atoms with Gasteiger partial charge in [-0.25, -0.2) is 4.79 Å². The van der Waals surface area contributed by atoms with E-state index >= 15 is 0 Å². The minimum absolute atomic E-state index is 0.193. The van der Waals surface area contributed by atoms with E-state index in [4.69, 9.17) is 13.8 Å². The highest BCUT2D eigenvalue weighted by Gasteiger charge is 2.22. The summed E-state index contributed by atoms with van der Waals surface area (Å²) in [6, 6.07) is 1.64. The van der Waals surface area contributed by atoms with Crippen molar-refractivity contribution in [2.24, 2.45) is 0 Å². The average Bonchev–Trinajstić information content (AvgIpc) is 3.11. The van der Waals surface area contributed by atoms with E-state index in [0.717, 1.165) is 0 Å². The molecule has 1 N–H and O–H groups in total. The molecule has 8 heteroatoms. The van der Waals surface area contributed by atoms with Crippen LogP contribution in [0.15, 0.2) is 15.1 Å². The molecule has 2 rings (SSSR count). The summed E-state index contributed by atoms with van der Waals surface area (Å²) in [7, 11) is 0. The Bertz CT molecular complexity index is 739. The van der Waals surface area contributed by atoms with Crippen LogP contribution in [0, 0.1) is 6.92 Å². The Morgan fingerprint density at radius 2 is 1.96 bits per heavy atom. The van der Waals surface area contributed by atoms with E-state index in [1.807, 2.05) is 27.7 Å². The Morgan fingerprint density at radius 1 is 1.25 bits per heavy atom. The number of esters is 1. The Hall–Kier alpha value is -2.64. The molecule has 0 atom stereocenters. The second kappa shape index (κ2) is 6.86. The second-order valence-electron chi connectivity index (χ2n) is 6.36. The minimum Gasteiger partial charge on any atom is -0.452 e. The van der Waals surface area contributed by atoms with Gasteiger partial charge in [-0.15, -0.1) is 0 Å². The summed E-state index contributed by atoms with van der Waals surface area (Å²) in [4.78, 5) is 23.9. The number of rotatable bonds is 5.